The molecule has 1 aliphatic rings. The molecule has 1 heterocycles. The van der Waals surface area contributed by atoms with E-state index in [1.807, 2.05) is 6.08 Å². The topological polar surface area (TPSA) is 149 Å². The van der Waals surface area contributed by atoms with Crippen LogP contribution in [0.15, 0.2) is 60.8 Å². The predicted molar refractivity (Wildman–Crippen MR) is 355 cm³/mol. The third-order valence-corrected chi connectivity index (χ3v) is 17.0. The van der Waals surface area contributed by atoms with Gasteiger partial charge < -0.3 is 40.3 Å². The first kappa shape index (κ1) is 78.9. The molecule has 1 amide bonds. The van der Waals surface area contributed by atoms with Gasteiger partial charge in [-0.25, -0.2) is 0 Å². The molecule has 7 atom stereocenters. The summed E-state index contributed by atoms with van der Waals surface area (Å²) in [7, 11) is 0. The van der Waals surface area contributed by atoms with Crippen molar-refractivity contribution in [2.45, 2.75) is 391 Å². The summed E-state index contributed by atoms with van der Waals surface area (Å²) in [5, 5.41) is 54.8. The fraction of sp³-hybridized carbons (Fsp3) is 0.851. The molecule has 1 rings (SSSR count). The van der Waals surface area contributed by atoms with Gasteiger partial charge >= 0.3 is 0 Å². The number of ether oxygens (including phenoxy) is 2. The second-order valence-electron chi connectivity index (χ2n) is 25.0. The van der Waals surface area contributed by atoms with E-state index in [1.165, 1.54) is 276 Å². The monoisotopic (exact) mass is 1170 g/mol. The number of hydrogen-bond acceptors (Lipinski definition) is 8. The number of hydrogen-bond donors (Lipinski definition) is 6. The zero-order chi connectivity index (χ0) is 60.0. The zero-order valence-electron chi connectivity index (χ0n) is 54.5. The van der Waals surface area contributed by atoms with Gasteiger partial charge in [-0.05, 0) is 77.0 Å². The smallest absolute Gasteiger partial charge is 0.220 e. The molecule has 0 saturated carbocycles. The van der Waals surface area contributed by atoms with Gasteiger partial charge in [-0.3, -0.25) is 4.79 Å². The van der Waals surface area contributed by atoms with Crippen molar-refractivity contribution < 1.29 is 39.8 Å². The van der Waals surface area contributed by atoms with Crippen LogP contribution in [0.4, 0.5) is 0 Å². The summed E-state index contributed by atoms with van der Waals surface area (Å²) < 4.78 is 11.3. The van der Waals surface area contributed by atoms with Crippen LogP contribution in [-0.2, 0) is 14.3 Å². The van der Waals surface area contributed by atoms with Gasteiger partial charge in [0.25, 0.3) is 0 Å². The van der Waals surface area contributed by atoms with Crippen molar-refractivity contribution in [2.24, 2.45) is 0 Å². The van der Waals surface area contributed by atoms with Crippen molar-refractivity contribution in [1.29, 1.82) is 0 Å². The van der Waals surface area contributed by atoms with Crippen molar-refractivity contribution in [3.8, 4) is 0 Å². The number of amides is 1. The molecular weight excluding hydrogens is 1030 g/mol. The van der Waals surface area contributed by atoms with E-state index >= 15 is 0 Å². The Kier molecular flexibility index (Phi) is 59.8. The molecule has 7 unspecified atom stereocenters. The lowest BCUT2D eigenvalue weighted by Crippen LogP contribution is -2.60. The number of nitrogens with one attached hydrogen (secondary N) is 1. The summed E-state index contributed by atoms with van der Waals surface area (Å²) in [4.78, 5) is 13.1. The Morgan fingerprint density at radius 3 is 1.08 bits per heavy atom. The molecule has 0 aromatic heterocycles. The number of aliphatic hydroxyl groups excluding tert-OH is 5. The van der Waals surface area contributed by atoms with Crippen LogP contribution in [0.2, 0.25) is 0 Å². The Labute approximate surface area is 513 Å². The largest absolute Gasteiger partial charge is 0.394 e. The fourth-order valence-electron chi connectivity index (χ4n) is 11.4. The van der Waals surface area contributed by atoms with Gasteiger partial charge in [0.15, 0.2) is 6.29 Å². The molecule has 1 fully saturated rings. The summed E-state index contributed by atoms with van der Waals surface area (Å²) >= 11 is 0. The average molecular weight is 1170 g/mol. The number of aliphatic hydroxyl groups is 5. The van der Waals surface area contributed by atoms with Crippen molar-refractivity contribution in [2.75, 3.05) is 13.2 Å². The minimum absolute atomic E-state index is 0.186. The SMILES string of the molecule is CCCCCCC/C=C\C/C=C\CCCCCCCCCCCCCCCCCCCC(=O)NC(COC1OC(CO)C(O)C(O)C1O)C(O)/C=C/CC/C=C/CC/C=C/CCCCCCCCCCCCCCCCCCCCCCC. The highest BCUT2D eigenvalue weighted by Gasteiger charge is 2.44. The molecule has 0 aromatic rings. The number of rotatable bonds is 63. The lowest BCUT2D eigenvalue weighted by Gasteiger charge is -2.40. The molecule has 1 aliphatic heterocycles. The second kappa shape index (κ2) is 62.9. The second-order valence-corrected chi connectivity index (χ2v) is 25.0. The molecule has 6 N–H and O–H groups in total. The maximum Gasteiger partial charge on any atom is 0.220 e. The summed E-state index contributed by atoms with van der Waals surface area (Å²) in [6, 6.07) is -0.831. The first-order valence-corrected chi connectivity index (χ1v) is 36.0. The molecule has 0 aliphatic carbocycles. The van der Waals surface area contributed by atoms with Gasteiger partial charge in [-0.2, -0.15) is 0 Å². The van der Waals surface area contributed by atoms with E-state index in [0.717, 1.165) is 51.4 Å². The lowest BCUT2D eigenvalue weighted by atomic mass is 9.99. The quantitative estimate of drug-likeness (QED) is 0.0261. The third-order valence-electron chi connectivity index (χ3n) is 17.0. The fourth-order valence-corrected chi connectivity index (χ4v) is 11.4. The maximum absolute atomic E-state index is 13.1. The predicted octanol–water partition coefficient (Wildman–Crippen LogP) is 19.8. The van der Waals surface area contributed by atoms with Gasteiger partial charge in [0.1, 0.15) is 24.4 Å². The third kappa shape index (κ3) is 51.6. The van der Waals surface area contributed by atoms with Gasteiger partial charge in [-0.15, -0.1) is 0 Å². The van der Waals surface area contributed by atoms with Gasteiger partial charge in [0.2, 0.25) is 5.91 Å². The Bertz CT molecular complexity index is 1500. The molecule has 1 saturated heterocycles. The molecule has 9 nitrogen and oxygen atoms in total. The molecule has 0 radical (unpaired) electrons. The van der Waals surface area contributed by atoms with E-state index in [4.69, 9.17) is 9.47 Å². The van der Waals surface area contributed by atoms with Crippen LogP contribution in [0.1, 0.15) is 348 Å². The number of carbonyl (C=O) groups is 1. The van der Waals surface area contributed by atoms with Gasteiger partial charge in [0.05, 0.1) is 25.4 Å². The number of unbranched alkanes of at least 4 members (excludes halogenated alkanes) is 45. The highest BCUT2D eigenvalue weighted by molar-refractivity contribution is 5.76. The van der Waals surface area contributed by atoms with Crippen LogP contribution >= 0.6 is 0 Å². The van der Waals surface area contributed by atoms with Crippen molar-refractivity contribution in [3.63, 3.8) is 0 Å². The van der Waals surface area contributed by atoms with Crippen LogP contribution in [-0.4, -0.2) is 87.5 Å². The Morgan fingerprint density at radius 2 is 0.723 bits per heavy atom. The zero-order valence-corrected chi connectivity index (χ0v) is 54.5. The Hall–Kier alpha value is -2.11. The van der Waals surface area contributed by atoms with Crippen LogP contribution in [0.25, 0.3) is 0 Å². The lowest BCUT2D eigenvalue weighted by molar-refractivity contribution is -0.302. The minimum atomic E-state index is -1.58. The first-order valence-electron chi connectivity index (χ1n) is 36.0. The summed E-state index contributed by atoms with van der Waals surface area (Å²) in [5.41, 5.74) is 0. The Morgan fingerprint density at radius 1 is 0.410 bits per heavy atom. The number of allylic oxidation sites excluding steroid dienone is 9. The van der Waals surface area contributed by atoms with E-state index in [0.29, 0.717) is 6.42 Å². The van der Waals surface area contributed by atoms with Crippen molar-refractivity contribution >= 4 is 5.91 Å². The summed E-state index contributed by atoms with van der Waals surface area (Å²) in [6.07, 6.45) is 80.5. The summed E-state index contributed by atoms with van der Waals surface area (Å²) in [5.74, 6) is -0.186. The number of carbonyl (C=O) groups excluding carboxylic acids is 1. The Balaban J connectivity index is 2.15. The molecule has 486 valence electrons. The van der Waals surface area contributed by atoms with Crippen molar-refractivity contribution in [1.82, 2.24) is 5.32 Å². The highest BCUT2D eigenvalue weighted by Crippen LogP contribution is 2.23. The van der Waals surface area contributed by atoms with E-state index in [1.54, 1.807) is 6.08 Å². The van der Waals surface area contributed by atoms with Gasteiger partial charge in [-0.1, -0.05) is 325 Å². The molecular formula is C74H137NO8. The van der Waals surface area contributed by atoms with Gasteiger partial charge in [0, 0.05) is 6.42 Å². The van der Waals surface area contributed by atoms with Crippen LogP contribution < -0.4 is 5.32 Å². The normalized spacial score (nSPS) is 18.6. The van der Waals surface area contributed by atoms with Crippen LogP contribution in [0.5, 0.6) is 0 Å². The van der Waals surface area contributed by atoms with E-state index < -0.39 is 49.5 Å². The molecule has 0 spiro atoms. The standard InChI is InChI=1S/C74H137NO8/c1-3-5-7-9-11-13-15-17-19-21-23-25-27-29-31-33-34-36-37-39-41-43-45-47-49-51-53-55-57-59-61-63-68(77)67(66-82-74-73(81)72(80)71(79)69(65-76)83-74)75-70(78)64-62-60-58-56-54-52-50-48-46-44-42-40-38-35-32-30-28-26-24-22-20-18-16-14-12-10-8-6-4-2/h16,18,22,24,45,47,53,55,61,63,67-69,71-74,76-77,79-81H,3-15,17,19-21,23,25-44,46,48-52,54,56-60,62,64-66H2,1-2H3,(H,75,78)/b18-16-,24-22-,47-45+,55-53+,63-61+. The maximum atomic E-state index is 13.1. The molecule has 0 aromatic carbocycles. The first-order chi connectivity index (χ1) is 40.8. The van der Waals surface area contributed by atoms with Crippen LogP contribution in [0, 0.1) is 0 Å². The average Bonchev–Trinajstić information content (AvgIpc) is 3.60. The highest BCUT2D eigenvalue weighted by atomic mass is 16.7. The van der Waals surface area contributed by atoms with Crippen LogP contribution in [0.3, 0.4) is 0 Å². The van der Waals surface area contributed by atoms with E-state index in [2.05, 4.69) is 67.8 Å². The van der Waals surface area contributed by atoms with E-state index in [-0.39, 0.29) is 12.5 Å². The molecule has 0 bridgehead atoms. The van der Waals surface area contributed by atoms with Crippen molar-refractivity contribution in [3.05, 3.63) is 60.8 Å². The molecule has 83 heavy (non-hydrogen) atoms. The summed E-state index contributed by atoms with van der Waals surface area (Å²) in [6.45, 7) is 3.79. The minimum Gasteiger partial charge on any atom is -0.394 e. The molecule has 9 heteroatoms. The van der Waals surface area contributed by atoms with E-state index in [9.17, 15) is 30.3 Å².